The van der Waals surface area contributed by atoms with E-state index in [4.69, 9.17) is 9.97 Å². The Morgan fingerprint density at radius 2 is 0.620 bits per heavy atom. The lowest BCUT2D eigenvalue weighted by Crippen LogP contribution is -1.97. The van der Waals surface area contributed by atoms with E-state index in [-0.39, 0.29) is 0 Å². The fraction of sp³-hybridized carbons (Fsp3) is 0. The van der Waals surface area contributed by atoms with E-state index < -0.39 is 0 Å². The molecule has 0 aliphatic rings. The lowest BCUT2D eigenvalue weighted by Gasteiger charge is -2.13. The van der Waals surface area contributed by atoms with E-state index in [2.05, 4.69) is 184 Å². The third kappa shape index (κ3) is 7.41. The van der Waals surface area contributed by atoms with Crippen molar-refractivity contribution < 1.29 is 0 Å². The van der Waals surface area contributed by atoms with Crippen molar-refractivity contribution in [1.29, 1.82) is 10.5 Å². The van der Waals surface area contributed by atoms with Crippen LogP contribution in [0.1, 0.15) is 11.1 Å². The number of aromatic nitrogens is 5. The summed E-state index contributed by atoms with van der Waals surface area (Å²) in [6.45, 7) is 0. The van der Waals surface area contributed by atoms with Gasteiger partial charge in [-0.15, -0.1) is 0 Å². The van der Waals surface area contributed by atoms with E-state index in [0.29, 0.717) is 22.5 Å². The maximum Gasteiger partial charge on any atom is 0.160 e. The van der Waals surface area contributed by atoms with Crippen LogP contribution in [-0.2, 0) is 0 Å². The SMILES string of the molecule is N#Cc1cc(-c2ccc(-n3c4ccc(-n5c6ccccc6c6ccccc65)cc4c4cc(-n5c6ccccc6c6ccccc65)ccc43)cc2)cc(C#N)c1-c1ccc(-c2cc(-c3ccccc3)nc(-c3ccccc3)n2)cc1. The predicted octanol–water partition coefficient (Wildman–Crippen LogP) is 17.8. The fourth-order valence-electron chi connectivity index (χ4n) is 11.9. The highest BCUT2D eigenvalue weighted by molar-refractivity contribution is 6.14. The molecule has 4 aromatic heterocycles. The van der Waals surface area contributed by atoms with Crippen LogP contribution in [0.3, 0.4) is 0 Å². The van der Waals surface area contributed by atoms with Gasteiger partial charge in [-0.2, -0.15) is 10.5 Å². The van der Waals surface area contributed by atoms with Crippen LogP contribution in [0.4, 0.5) is 0 Å². The Morgan fingerprint density at radius 1 is 0.266 bits per heavy atom. The highest BCUT2D eigenvalue weighted by Crippen LogP contribution is 2.41. The van der Waals surface area contributed by atoms with Crippen molar-refractivity contribution >= 4 is 65.4 Å². The largest absolute Gasteiger partial charge is 0.309 e. The number of benzene rings is 11. The van der Waals surface area contributed by atoms with Gasteiger partial charge in [0, 0.05) is 71.6 Å². The van der Waals surface area contributed by atoms with Gasteiger partial charge in [0.25, 0.3) is 0 Å². The quantitative estimate of drug-likeness (QED) is 0.152. The first-order valence-electron chi connectivity index (χ1n) is 26.3. The van der Waals surface area contributed by atoms with Gasteiger partial charge in [0.05, 0.1) is 67.8 Å². The monoisotopic (exact) mass is 1010 g/mol. The van der Waals surface area contributed by atoms with Crippen LogP contribution in [0.2, 0.25) is 0 Å². The van der Waals surface area contributed by atoms with Gasteiger partial charge in [0.1, 0.15) is 0 Å². The van der Waals surface area contributed by atoms with E-state index in [1.54, 1.807) is 0 Å². The Balaban J connectivity index is 0.825. The standard InChI is InChI=1S/C72H43N7/c73-44-52-39-51(40-53(45-74)71(52)49-29-27-48(28-30-49)64-43-63(47-15-3-1-4-16-47)75-72(76-64)50-17-5-2-6-18-50)46-31-33-54(34-32-46)77-69-37-35-55(78-65-23-11-7-19-57(65)58-20-8-12-24-66(58)78)41-61(69)62-42-56(36-38-70(62)77)79-67-25-13-9-21-59(67)60-22-10-14-26-68(60)79/h1-43H. The van der Waals surface area contributed by atoms with Crippen LogP contribution in [-0.4, -0.2) is 23.7 Å². The minimum Gasteiger partial charge on any atom is -0.309 e. The third-order valence-electron chi connectivity index (χ3n) is 15.5. The molecule has 7 nitrogen and oxygen atoms in total. The van der Waals surface area contributed by atoms with Crippen LogP contribution in [0.15, 0.2) is 261 Å². The molecule has 0 unspecified atom stereocenters. The van der Waals surface area contributed by atoms with Gasteiger partial charge >= 0.3 is 0 Å². The van der Waals surface area contributed by atoms with Gasteiger partial charge in [0.2, 0.25) is 0 Å². The molecule has 366 valence electrons. The number of para-hydroxylation sites is 4. The molecule has 7 heteroatoms. The minimum absolute atomic E-state index is 0.422. The number of fused-ring (bicyclic) bond motifs is 9. The molecule has 11 aromatic carbocycles. The smallest absolute Gasteiger partial charge is 0.160 e. The highest BCUT2D eigenvalue weighted by Gasteiger charge is 2.21. The number of hydrogen-bond acceptors (Lipinski definition) is 4. The molecular formula is C72H43N7. The normalized spacial score (nSPS) is 11.5. The summed E-state index contributed by atoms with van der Waals surface area (Å²) in [5.74, 6) is 0.633. The van der Waals surface area contributed by atoms with E-state index in [9.17, 15) is 10.5 Å². The van der Waals surface area contributed by atoms with Crippen molar-refractivity contribution in [3.63, 3.8) is 0 Å². The summed E-state index contributed by atoms with van der Waals surface area (Å²) in [6, 6.07) is 95.4. The van der Waals surface area contributed by atoms with Gasteiger partial charge < -0.3 is 13.7 Å². The summed E-state index contributed by atoms with van der Waals surface area (Å²) < 4.78 is 7.11. The summed E-state index contributed by atoms with van der Waals surface area (Å²) in [7, 11) is 0. The molecule has 0 aliphatic carbocycles. The second-order valence-corrected chi connectivity index (χ2v) is 20.0. The molecule has 0 aliphatic heterocycles. The molecule has 15 aromatic rings. The van der Waals surface area contributed by atoms with Crippen molar-refractivity contribution in [2.24, 2.45) is 0 Å². The van der Waals surface area contributed by atoms with Crippen molar-refractivity contribution in [2.75, 3.05) is 0 Å². The summed E-state index contributed by atoms with van der Waals surface area (Å²) in [6.07, 6.45) is 0. The highest BCUT2D eigenvalue weighted by atomic mass is 15.0. The zero-order chi connectivity index (χ0) is 52.6. The second kappa shape index (κ2) is 18.3. The van der Waals surface area contributed by atoms with E-state index in [1.165, 1.54) is 21.5 Å². The number of nitrogens with zero attached hydrogens (tertiary/aromatic N) is 7. The molecule has 0 spiro atoms. The van der Waals surface area contributed by atoms with Crippen LogP contribution in [0.5, 0.6) is 0 Å². The summed E-state index contributed by atoms with van der Waals surface area (Å²) in [4.78, 5) is 9.96. The Bertz CT molecular complexity index is 4640. The van der Waals surface area contributed by atoms with Gasteiger partial charge in [-0.05, 0) is 108 Å². The zero-order valence-corrected chi connectivity index (χ0v) is 42.5. The van der Waals surface area contributed by atoms with Crippen LogP contribution < -0.4 is 0 Å². The Kier molecular flexibility index (Phi) is 10.5. The van der Waals surface area contributed by atoms with Crippen molar-refractivity contribution in [2.45, 2.75) is 0 Å². The molecule has 4 heterocycles. The van der Waals surface area contributed by atoms with Crippen LogP contribution in [0, 0.1) is 22.7 Å². The minimum atomic E-state index is 0.422. The first-order valence-corrected chi connectivity index (χ1v) is 26.3. The average molecular weight is 1010 g/mol. The molecule has 79 heavy (non-hydrogen) atoms. The number of nitriles is 2. The maximum absolute atomic E-state index is 10.7. The molecule has 0 fully saturated rings. The maximum atomic E-state index is 10.7. The molecule has 0 amide bonds. The topological polar surface area (TPSA) is 88.1 Å². The zero-order valence-electron chi connectivity index (χ0n) is 42.5. The molecule has 0 saturated carbocycles. The first-order chi connectivity index (χ1) is 39.1. The molecular weight excluding hydrogens is 963 g/mol. The predicted molar refractivity (Wildman–Crippen MR) is 322 cm³/mol. The Labute approximate surface area is 454 Å². The van der Waals surface area contributed by atoms with Crippen LogP contribution >= 0.6 is 0 Å². The Hall–Kier alpha value is -11.1. The third-order valence-corrected chi connectivity index (χ3v) is 15.5. The summed E-state index contributed by atoms with van der Waals surface area (Å²) >= 11 is 0. The lowest BCUT2D eigenvalue weighted by atomic mass is 9.90. The van der Waals surface area contributed by atoms with Gasteiger partial charge in [-0.25, -0.2) is 9.97 Å². The fourth-order valence-corrected chi connectivity index (χ4v) is 11.9. The molecule has 0 bridgehead atoms. The van der Waals surface area contributed by atoms with E-state index in [0.717, 1.165) is 106 Å². The number of rotatable bonds is 8. The molecule has 0 saturated heterocycles. The molecule has 0 atom stereocenters. The number of hydrogen-bond donors (Lipinski definition) is 0. The molecule has 0 N–H and O–H groups in total. The van der Waals surface area contributed by atoms with Crippen molar-refractivity contribution in [3.8, 4) is 85.4 Å². The van der Waals surface area contributed by atoms with Crippen molar-refractivity contribution in [1.82, 2.24) is 23.7 Å². The van der Waals surface area contributed by atoms with Crippen LogP contribution in [0.25, 0.3) is 139 Å². The van der Waals surface area contributed by atoms with Gasteiger partial charge in [-0.1, -0.05) is 170 Å². The molecule has 0 radical (unpaired) electrons. The average Bonchev–Trinajstić information content (AvgIpc) is 4.21. The Morgan fingerprint density at radius 3 is 1.08 bits per heavy atom. The molecule has 15 rings (SSSR count). The van der Waals surface area contributed by atoms with Gasteiger partial charge in [-0.3, -0.25) is 0 Å². The van der Waals surface area contributed by atoms with Gasteiger partial charge in [0.15, 0.2) is 5.82 Å². The van der Waals surface area contributed by atoms with E-state index >= 15 is 0 Å². The second-order valence-electron chi connectivity index (χ2n) is 20.0. The first kappa shape index (κ1) is 45.3. The summed E-state index contributed by atoms with van der Waals surface area (Å²) in [5.41, 5.74) is 18.3. The lowest BCUT2D eigenvalue weighted by molar-refractivity contribution is 1.16. The van der Waals surface area contributed by atoms with Crippen molar-refractivity contribution in [3.05, 3.63) is 272 Å². The summed E-state index contributed by atoms with van der Waals surface area (Å²) in [5, 5.41) is 28.6. The van der Waals surface area contributed by atoms with E-state index in [1.807, 2.05) is 103 Å².